The summed E-state index contributed by atoms with van der Waals surface area (Å²) in [6.07, 6.45) is 4.64. The smallest absolute Gasteiger partial charge is 0.337 e. The predicted octanol–water partition coefficient (Wildman–Crippen LogP) is 1.69. The Morgan fingerprint density at radius 3 is 2.83 bits per heavy atom. The van der Waals surface area contributed by atoms with E-state index in [0.29, 0.717) is 12.8 Å². The van der Waals surface area contributed by atoms with Crippen molar-refractivity contribution in [3.63, 3.8) is 0 Å². The van der Waals surface area contributed by atoms with Gasteiger partial charge < -0.3 is 14.6 Å². The van der Waals surface area contributed by atoms with Crippen molar-refractivity contribution in [1.29, 1.82) is 0 Å². The van der Waals surface area contributed by atoms with Gasteiger partial charge in [-0.3, -0.25) is 0 Å². The molecule has 1 fully saturated rings. The summed E-state index contributed by atoms with van der Waals surface area (Å²) in [6.45, 7) is 0. The minimum Gasteiger partial charge on any atom is -0.465 e. The van der Waals surface area contributed by atoms with Gasteiger partial charge in [-0.1, -0.05) is 6.07 Å². The van der Waals surface area contributed by atoms with Crippen LogP contribution in [0.1, 0.15) is 23.2 Å². The van der Waals surface area contributed by atoms with Crippen LogP contribution in [0.5, 0.6) is 0 Å². The number of hydrogen-bond donors (Lipinski definition) is 2. The number of aromatic amines is 1. The number of ether oxygens (including phenoxy) is 1. The fraction of sp³-hybridized carbons (Fsp3) is 0.316. The van der Waals surface area contributed by atoms with E-state index in [-0.39, 0.29) is 22.5 Å². The summed E-state index contributed by atoms with van der Waals surface area (Å²) in [5, 5.41) is 0.929. The number of anilines is 1. The first-order valence-electron chi connectivity index (χ1n) is 9.10. The minimum absolute atomic E-state index is 0.0436. The molecule has 1 aliphatic carbocycles. The van der Waals surface area contributed by atoms with E-state index in [4.69, 9.17) is 0 Å². The van der Waals surface area contributed by atoms with Gasteiger partial charge in [0.1, 0.15) is 17.8 Å². The maximum atomic E-state index is 12.7. The molecule has 4 rings (SSSR count). The molecule has 10 heteroatoms. The second-order valence-electron chi connectivity index (χ2n) is 7.01. The minimum atomic E-state index is -3.73. The van der Waals surface area contributed by atoms with E-state index < -0.39 is 16.0 Å². The molecule has 0 bridgehead atoms. The van der Waals surface area contributed by atoms with Gasteiger partial charge in [-0.25, -0.2) is 27.9 Å². The number of fused-ring (bicyclic) bond motifs is 1. The molecule has 0 atom stereocenters. The zero-order valence-electron chi connectivity index (χ0n) is 16.0. The topological polar surface area (TPSA) is 117 Å². The Kier molecular flexibility index (Phi) is 4.97. The van der Waals surface area contributed by atoms with Crippen LogP contribution in [0.2, 0.25) is 0 Å². The Morgan fingerprint density at radius 2 is 2.07 bits per heavy atom. The summed E-state index contributed by atoms with van der Waals surface area (Å²) in [4.78, 5) is 25.4. The van der Waals surface area contributed by atoms with Gasteiger partial charge >= 0.3 is 5.97 Å². The quantitative estimate of drug-likeness (QED) is 0.588. The van der Waals surface area contributed by atoms with E-state index in [1.165, 1.54) is 37.7 Å². The third-order valence-corrected chi connectivity index (χ3v) is 6.73. The first kappa shape index (κ1) is 19.3. The first-order valence-corrected chi connectivity index (χ1v) is 10.6. The highest BCUT2D eigenvalue weighted by Crippen LogP contribution is 2.31. The number of rotatable bonds is 6. The first-order chi connectivity index (χ1) is 13.9. The number of carbonyl (C=O) groups is 1. The van der Waals surface area contributed by atoms with E-state index in [9.17, 15) is 13.2 Å². The molecule has 0 spiro atoms. The lowest BCUT2D eigenvalue weighted by molar-refractivity contribution is 0.0600. The van der Waals surface area contributed by atoms with E-state index in [2.05, 4.69) is 29.3 Å². The van der Waals surface area contributed by atoms with Crippen molar-refractivity contribution in [3.8, 4) is 0 Å². The summed E-state index contributed by atoms with van der Waals surface area (Å²) >= 11 is 0. The average molecular weight is 415 g/mol. The highest BCUT2D eigenvalue weighted by molar-refractivity contribution is 7.89. The molecule has 2 N–H and O–H groups in total. The fourth-order valence-corrected chi connectivity index (χ4v) is 4.82. The van der Waals surface area contributed by atoms with Crippen LogP contribution in [-0.4, -0.2) is 55.6 Å². The fourth-order valence-electron chi connectivity index (χ4n) is 3.51. The number of nitrogens with one attached hydrogen (secondary N) is 2. The van der Waals surface area contributed by atoms with Crippen molar-refractivity contribution < 1.29 is 17.9 Å². The second-order valence-corrected chi connectivity index (χ2v) is 8.72. The molecule has 0 saturated heterocycles. The molecule has 3 aromatic rings. The Labute approximate surface area is 168 Å². The highest BCUT2D eigenvalue weighted by atomic mass is 32.2. The van der Waals surface area contributed by atoms with Crippen molar-refractivity contribution in [3.05, 3.63) is 48.4 Å². The molecule has 0 radical (unpaired) electrons. The number of aromatic nitrogens is 3. The van der Waals surface area contributed by atoms with Crippen molar-refractivity contribution >= 4 is 32.8 Å². The molecule has 2 heterocycles. The van der Waals surface area contributed by atoms with Crippen molar-refractivity contribution in [2.75, 3.05) is 19.1 Å². The SMILES string of the molecule is COC(=O)c1cccc(S(=O)(=O)N[C@H]2C[C@@H](N(C)c3ncnc4[nH]ccc34)C2)c1. The van der Waals surface area contributed by atoms with Crippen LogP contribution >= 0.6 is 0 Å². The third kappa shape index (κ3) is 3.68. The number of carbonyl (C=O) groups excluding carboxylic acids is 1. The summed E-state index contributed by atoms with van der Waals surface area (Å²) in [6, 6.07) is 7.72. The number of methoxy groups -OCH3 is 1. The Hall–Kier alpha value is -2.98. The molecular weight excluding hydrogens is 394 g/mol. The lowest BCUT2D eigenvalue weighted by Gasteiger charge is -2.41. The van der Waals surface area contributed by atoms with Crippen LogP contribution < -0.4 is 9.62 Å². The van der Waals surface area contributed by atoms with Crippen LogP contribution in [0, 0.1) is 0 Å². The van der Waals surface area contributed by atoms with Gasteiger partial charge in [-0.15, -0.1) is 0 Å². The molecular formula is C19H21N5O4S. The number of sulfonamides is 1. The van der Waals surface area contributed by atoms with E-state index in [1.54, 1.807) is 0 Å². The van der Waals surface area contributed by atoms with Gasteiger partial charge in [0.05, 0.1) is 23.0 Å². The molecule has 29 heavy (non-hydrogen) atoms. The monoisotopic (exact) mass is 415 g/mol. The average Bonchev–Trinajstić information content (AvgIpc) is 3.18. The summed E-state index contributed by atoms with van der Waals surface area (Å²) in [7, 11) is -0.527. The van der Waals surface area contributed by atoms with E-state index in [0.717, 1.165) is 16.9 Å². The number of benzene rings is 1. The largest absolute Gasteiger partial charge is 0.465 e. The van der Waals surface area contributed by atoms with Crippen LogP contribution in [-0.2, 0) is 14.8 Å². The van der Waals surface area contributed by atoms with Crippen molar-refractivity contribution in [2.45, 2.75) is 29.8 Å². The Morgan fingerprint density at radius 1 is 1.28 bits per heavy atom. The number of esters is 1. The molecule has 0 amide bonds. The second kappa shape index (κ2) is 7.45. The lowest BCUT2D eigenvalue weighted by atomic mass is 9.86. The molecule has 9 nitrogen and oxygen atoms in total. The van der Waals surface area contributed by atoms with Gasteiger partial charge in [0.15, 0.2) is 0 Å². The van der Waals surface area contributed by atoms with Crippen LogP contribution in [0.15, 0.2) is 47.8 Å². The summed E-state index contributed by atoms with van der Waals surface area (Å²) < 4.78 is 32.7. The van der Waals surface area contributed by atoms with Gasteiger partial charge in [0.2, 0.25) is 10.0 Å². The zero-order chi connectivity index (χ0) is 20.6. The van der Waals surface area contributed by atoms with Gasteiger partial charge in [0, 0.05) is 25.3 Å². The Bertz CT molecular complexity index is 1150. The lowest BCUT2D eigenvalue weighted by Crippen LogP contribution is -2.53. The summed E-state index contributed by atoms with van der Waals surface area (Å²) in [5.74, 6) is 0.238. The third-order valence-electron chi connectivity index (χ3n) is 5.22. The molecule has 1 saturated carbocycles. The predicted molar refractivity (Wildman–Crippen MR) is 107 cm³/mol. The van der Waals surface area contributed by atoms with Gasteiger partial charge in [-0.05, 0) is 37.1 Å². The van der Waals surface area contributed by atoms with Crippen LogP contribution in [0.3, 0.4) is 0 Å². The molecule has 1 aromatic carbocycles. The van der Waals surface area contributed by atoms with E-state index >= 15 is 0 Å². The zero-order valence-corrected chi connectivity index (χ0v) is 16.8. The molecule has 152 valence electrons. The maximum Gasteiger partial charge on any atom is 0.337 e. The normalized spacial score (nSPS) is 19.0. The number of H-pyrrole nitrogens is 1. The highest BCUT2D eigenvalue weighted by Gasteiger charge is 2.36. The maximum absolute atomic E-state index is 12.7. The van der Waals surface area contributed by atoms with Gasteiger partial charge in [-0.2, -0.15) is 0 Å². The molecule has 0 aliphatic heterocycles. The Balaban J connectivity index is 1.43. The van der Waals surface area contributed by atoms with Crippen LogP contribution in [0.25, 0.3) is 11.0 Å². The number of hydrogen-bond acceptors (Lipinski definition) is 7. The van der Waals surface area contributed by atoms with Crippen molar-refractivity contribution in [1.82, 2.24) is 19.7 Å². The molecule has 0 unspecified atom stereocenters. The standard InChI is InChI=1S/C19H21N5O4S/c1-24(18-16-6-7-20-17(16)21-11-22-18)14-9-13(10-14)23-29(26,27)15-5-3-4-12(8-15)19(25)28-2/h3-8,11,13-14,23H,9-10H2,1-2H3,(H,20,21,22)/t13-,14+. The van der Waals surface area contributed by atoms with E-state index in [1.807, 2.05) is 19.3 Å². The number of nitrogens with zero attached hydrogens (tertiary/aromatic N) is 3. The van der Waals surface area contributed by atoms with Crippen LogP contribution in [0.4, 0.5) is 5.82 Å². The van der Waals surface area contributed by atoms with Crippen molar-refractivity contribution in [2.24, 2.45) is 0 Å². The van der Waals surface area contributed by atoms with Gasteiger partial charge in [0.25, 0.3) is 0 Å². The summed E-state index contributed by atoms with van der Waals surface area (Å²) in [5.41, 5.74) is 0.963. The molecule has 1 aliphatic rings. The molecule has 2 aromatic heterocycles.